The smallest absolute Gasteiger partial charge is 0.387 e. The maximum atomic E-state index is 12.0. The number of benzene rings is 1. The number of alkyl halides is 2. The molecule has 1 spiro atoms. The fourth-order valence-electron chi connectivity index (χ4n) is 3.64. The summed E-state index contributed by atoms with van der Waals surface area (Å²) in [7, 11) is 2.04. The quantitative estimate of drug-likeness (QED) is 0.663. The Balaban J connectivity index is 0.000000222. The summed E-state index contributed by atoms with van der Waals surface area (Å²) >= 11 is 5.52. The number of likely N-dealkylation sites (N-methyl/N-ethyl adjacent to an activating group) is 1. The molecule has 0 N–H and O–H groups in total. The highest BCUT2D eigenvalue weighted by Crippen LogP contribution is 2.40. The Hall–Kier alpha value is -2.34. The Morgan fingerprint density at radius 2 is 2.10 bits per heavy atom. The van der Waals surface area contributed by atoms with E-state index in [4.69, 9.17) is 21.6 Å². The van der Waals surface area contributed by atoms with Gasteiger partial charge in [0.05, 0.1) is 17.7 Å². The van der Waals surface area contributed by atoms with Crippen molar-refractivity contribution in [2.24, 2.45) is 5.41 Å². The van der Waals surface area contributed by atoms with Crippen LogP contribution in [0.5, 0.6) is 5.75 Å². The van der Waals surface area contributed by atoms with Crippen molar-refractivity contribution in [2.75, 3.05) is 26.7 Å². The second-order valence-electron chi connectivity index (χ2n) is 7.89. The van der Waals surface area contributed by atoms with Crippen LogP contribution in [0.4, 0.5) is 8.78 Å². The summed E-state index contributed by atoms with van der Waals surface area (Å²) in [6.07, 6.45) is 2.80. The van der Waals surface area contributed by atoms with Gasteiger partial charge in [-0.25, -0.2) is 0 Å². The number of ketones is 1. The first-order valence-corrected chi connectivity index (χ1v) is 9.59. The van der Waals surface area contributed by atoms with Crippen LogP contribution in [0.1, 0.15) is 30.6 Å². The molecule has 6 nitrogen and oxygen atoms in total. The Kier molecular flexibility index (Phi) is 7.70. The van der Waals surface area contributed by atoms with E-state index in [1.165, 1.54) is 12.1 Å². The molecule has 1 heterocycles. The second-order valence-corrected chi connectivity index (χ2v) is 8.33. The summed E-state index contributed by atoms with van der Waals surface area (Å²) in [5.74, 6) is -0.278. The second kappa shape index (κ2) is 9.65. The van der Waals surface area contributed by atoms with Crippen LogP contribution in [-0.2, 0) is 9.53 Å². The zero-order valence-corrected chi connectivity index (χ0v) is 17.7. The van der Waals surface area contributed by atoms with Crippen molar-refractivity contribution >= 4 is 23.7 Å². The molecule has 1 atom stereocenters. The molecule has 1 saturated heterocycles. The zero-order valence-electron chi connectivity index (χ0n) is 17.0. The van der Waals surface area contributed by atoms with Crippen molar-refractivity contribution in [3.05, 3.63) is 40.4 Å². The van der Waals surface area contributed by atoms with E-state index in [-0.39, 0.29) is 27.7 Å². The fraction of sp³-hybridized carbons (Fsp3) is 0.476. The van der Waals surface area contributed by atoms with Crippen molar-refractivity contribution in [1.82, 2.24) is 4.90 Å². The summed E-state index contributed by atoms with van der Waals surface area (Å²) in [4.78, 5) is 24.6. The first-order chi connectivity index (χ1) is 14.0. The van der Waals surface area contributed by atoms with E-state index in [2.05, 4.69) is 9.64 Å². The molecule has 1 aromatic carbocycles. The van der Waals surface area contributed by atoms with E-state index in [0.29, 0.717) is 19.3 Å². The topological polar surface area (TPSA) is 79.6 Å². The Morgan fingerprint density at radius 3 is 2.67 bits per heavy atom. The van der Waals surface area contributed by atoms with Crippen molar-refractivity contribution in [3.8, 4) is 11.8 Å². The number of morpholine rings is 1. The van der Waals surface area contributed by atoms with Gasteiger partial charge in [0.2, 0.25) is 0 Å². The van der Waals surface area contributed by atoms with Gasteiger partial charge < -0.3 is 14.4 Å². The number of hydrogen-bond acceptors (Lipinski definition) is 6. The van der Waals surface area contributed by atoms with Crippen LogP contribution in [0, 0.1) is 16.7 Å². The molecule has 162 valence electrons. The highest BCUT2D eigenvalue weighted by Gasteiger charge is 2.47. The summed E-state index contributed by atoms with van der Waals surface area (Å²) in [5.41, 5.74) is -0.686. The third kappa shape index (κ3) is 5.85. The van der Waals surface area contributed by atoms with Crippen molar-refractivity contribution < 1.29 is 27.8 Å². The third-order valence-corrected chi connectivity index (χ3v) is 5.08. The Bertz CT molecular complexity index is 882. The number of hydrogen-bond donors (Lipinski definition) is 0. The lowest BCUT2D eigenvalue weighted by Gasteiger charge is -2.45. The Morgan fingerprint density at radius 1 is 1.40 bits per heavy atom. The van der Waals surface area contributed by atoms with E-state index in [1.54, 1.807) is 6.08 Å². The van der Waals surface area contributed by atoms with Crippen LogP contribution in [-0.4, -0.2) is 55.9 Å². The van der Waals surface area contributed by atoms with Gasteiger partial charge in [0.1, 0.15) is 17.4 Å². The number of nitriles is 1. The molecule has 1 fully saturated rings. The Labute approximate surface area is 179 Å². The average Bonchev–Trinajstić information content (AvgIpc) is 2.64. The number of allylic oxidation sites excluding steroid dienone is 1. The molecule has 0 bridgehead atoms. The van der Waals surface area contributed by atoms with Gasteiger partial charge in [-0.1, -0.05) is 25.4 Å². The van der Waals surface area contributed by atoms with Crippen molar-refractivity contribution in [3.63, 3.8) is 0 Å². The molecule has 0 amide bonds. The third-order valence-electron chi connectivity index (χ3n) is 4.85. The van der Waals surface area contributed by atoms with E-state index >= 15 is 0 Å². The fourth-order valence-corrected chi connectivity index (χ4v) is 3.80. The number of nitrogens with zero attached hydrogens (tertiary/aromatic N) is 2. The number of rotatable bonds is 3. The van der Waals surface area contributed by atoms with E-state index in [0.717, 1.165) is 19.2 Å². The molecular weight excluding hydrogens is 418 g/mol. The van der Waals surface area contributed by atoms with Crippen LogP contribution in [0.25, 0.3) is 0 Å². The van der Waals surface area contributed by atoms with Gasteiger partial charge in [0.25, 0.3) is 0 Å². The van der Waals surface area contributed by atoms with Gasteiger partial charge in [-0.3, -0.25) is 9.59 Å². The van der Waals surface area contributed by atoms with Gasteiger partial charge >= 0.3 is 6.61 Å². The molecule has 0 aromatic heterocycles. The first kappa shape index (κ1) is 23.9. The maximum Gasteiger partial charge on any atom is 0.387 e. The zero-order chi connectivity index (χ0) is 22.5. The molecule has 0 radical (unpaired) electrons. The van der Waals surface area contributed by atoms with Gasteiger partial charge in [-0.05, 0) is 37.7 Å². The van der Waals surface area contributed by atoms with E-state index < -0.39 is 17.6 Å². The van der Waals surface area contributed by atoms with Gasteiger partial charge in [0, 0.05) is 23.5 Å². The number of Topliss-reactive ketones (excluding diaryl/α,β-unsaturated/α-hetero) is 1. The summed E-state index contributed by atoms with van der Waals surface area (Å²) in [6.45, 7) is 3.10. The van der Waals surface area contributed by atoms with Gasteiger partial charge in [-0.2, -0.15) is 14.0 Å². The van der Waals surface area contributed by atoms with Crippen LogP contribution in [0.2, 0.25) is 5.02 Å². The molecule has 30 heavy (non-hydrogen) atoms. The van der Waals surface area contributed by atoms with E-state index in [1.807, 2.05) is 27.0 Å². The molecule has 0 saturated carbocycles. The highest BCUT2D eigenvalue weighted by atomic mass is 35.5. The predicted molar refractivity (Wildman–Crippen MR) is 107 cm³/mol. The van der Waals surface area contributed by atoms with Crippen molar-refractivity contribution in [1.29, 1.82) is 5.26 Å². The summed E-state index contributed by atoms with van der Waals surface area (Å²) in [5, 5.41) is 9.30. The lowest BCUT2D eigenvalue weighted by molar-refractivity contribution is -0.135. The minimum Gasteiger partial charge on any atom is -0.434 e. The normalized spacial score (nSPS) is 23.3. The standard InChI is InChI=1S/C13H18N2O2.C8H5ClF2O2/c1-12(2)8-13(6-10(7-14)11(12)16)9-15(3)4-5-17-13;9-6-2-1-5(4-12)7(3-6)13-8(10)11/h6H,4-5,8-9H2,1-3H3;1-4,8H. The largest absolute Gasteiger partial charge is 0.434 e. The number of halogens is 3. The molecule has 2 aliphatic rings. The maximum absolute atomic E-state index is 12.0. The number of carbonyl (C=O) groups is 2. The van der Waals surface area contributed by atoms with Gasteiger partial charge in [-0.15, -0.1) is 0 Å². The molecule has 1 aliphatic carbocycles. The van der Waals surface area contributed by atoms with Crippen LogP contribution >= 0.6 is 11.6 Å². The molecule has 9 heteroatoms. The first-order valence-electron chi connectivity index (χ1n) is 9.22. The van der Waals surface area contributed by atoms with Gasteiger partial charge in [0.15, 0.2) is 12.1 Å². The van der Waals surface area contributed by atoms with Crippen LogP contribution in [0.3, 0.4) is 0 Å². The van der Waals surface area contributed by atoms with Crippen molar-refractivity contribution in [2.45, 2.75) is 32.5 Å². The number of aldehydes is 1. The SMILES string of the molecule is CN1CCOC2(C=C(C#N)C(=O)C(C)(C)C2)C1.O=Cc1ccc(Cl)cc1OC(F)F. The minimum absolute atomic E-state index is 0.0460. The molecule has 1 unspecified atom stereocenters. The van der Waals surface area contributed by atoms with Crippen LogP contribution < -0.4 is 4.74 Å². The summed E-state index contributed by atoms with van der Waals surface area (Å²) < 4.78 is 33.5. The predicted octanol–water partition coefficient (Wildman–Crippen LogP) is 3.89. The summed E-state index contributed by atoms with van der Waals surface area (Å²) in [6, 6.07) is 5.91. The number of carbonyl (C=O) groups excluding carboxylic acids is 2. The van der Waals surface area contributed by atoms with Crippen LogP contribution in [0.15, 0.2) is 29.8 Å². The molecule has 1 aromatic rings. The molecular formula is C21H23ClF2N2O4. The average molecular weight is 441 g/mol. The lowest BCUT2D eigenvalue weighted by Crippen LogP contribution is -2.54. The monoisotopic (exact) mass is 440 g/mol. The number of ether oxygens (including phenoxy) is 2. The molecule has 3 rings (SSSR count). The lowest BCUT2D eigenvalue weighted by atomic mass is 9.69. The minimum atomic E-state index is -2.96. The molecule has 1 aliphatic heterocycles. The highest BCUT2D eigenvalue weighted by molar-refractivity contribution is 6.30. The van der Waals surface area contributed by atoms with E-state index in [9.17, 15) is 18.4 Å².